The van der Waals surface area contributed by atoms with E-state index < -0.39 is 6.04 Å². The first-order valence-electron chi connectivity index (χ1n) is 4.34. The Hall–Kier alpha value is -1.35. The van der Waals surface area contributed by atoms with Crippen LogP contribution in [-0.4, -0.2) is 12.5 Å². The van der Waals surface area contributed by atoms with Gasteiger partial charge in [-0.05, 0) is 12.5 Å². The maximum absolute atomic E-state index is 11.3. The standard InChI is InChI=1S/C10H14N2O/c1-2-12-10(13)9(11)8-6-4-3-5-7-8/h3-7,9H,2,11H2,1H3,(H,12,13)/t9-/m1/s1. The second kappa shape index (κ2) is 4.62. The van der Waals surface area contributed by atoms with E-state index in [1.165, 1.54) is 0 Å². The molecule has 3 N–H and O–H groups in total. The molecule has 70 valence electrons. The number of hydrogen-bond acceptors (Lipinski definition) is 2. The number of amides is 1. The van der Waals surface area contributed by atoms with Gasteiger partial charge in [0.05, 0.1) is 0 Å². The molecule has 0 aliphatic carbocycles. The van der Waals surface area contributed by atoms with E-state index in [0.717, 1.165) is 5.56 Å². The summed E-state index contributed by atoms with van der Waals surface area (Å²) in [4.78, 5) is 11.3. The fourth-order valence-corrected chi connectivity index (χ4v) is 1.10. The minimum atomic E-state index is -0.554. The van der Waals surface area contributed by atoms with Gasteiger partial charge >= 0.3 is 0 Å². The number of nitrogens with two attached hydrogens (primary N) is 1. The van der Waals surface area contributed by atoms with E-state index in [0.29, 0.717) is 6.54 Å². The van der Waals surface area contributed by atoms with Gasteiger partial charge in [0.15, 0.2) is 0 Å². The van der Waals surface area contributed by atoms with Crippen LogP contribution in [0.3, 0.4) is 0 Å². The lowest BCUT2D eigenvalue weighted by Gasteiger charge is -2.10. The monoisotopic (exact) mass is 178 g/mol. The van der Waals surface area contributed by atoms with E-state index in [2.05, 4.69) is 5.32 Å². The third-order valence-corrected chi connectivity index (χ3v) is 1.79. The summed E-state index contributed by atoms with van der Waals surface area (Å²) in [6, 6.07) is 8.78. The van der Waals surface area contributed by atoms with Crippen LogP contribution in [0.25, 0.3) is 0 Å². The summed E-state index contributed by atoms with van der Waals surface area (Å²) in [6.07, 6.45) is 0. The SMILES string of the molecule is CCNC(=O)[C@H](N)c1ccccc1. The molecule has 3 heteroatoms. The number of hydrogen-bond donors (Lipinski definition) is 2. The van der Waals surface area contributed by atoms with E-state index in [-0.39, 0.29) is 5.91 Å². The number of rotatable bonds is 3. The predicted octanol–water partition coefficient (Wildman–Crippen LogP) is 0.823. The molecular weight excluding hydrogens is 164 g/mol. The van der Waals surface area contributed by atoms with Crippen molar-refractivity contribution in [3.8, 4) is 0 Å². The molecule has 1 atom stereocenters. The van der Waals surface area contributed by atoms with Crippen molar-refractivity contribution in [3.63, 3.8) is 0 Å². The van der Waals surface area contributed by atoms with Gasteiger partial charge in [0.2, 0.25) is 5.91 Å². The van der Waals surface area contributed by atoms with Crippen LogP contribution in [0.4, 0.5) is 0 Å². The van der Waals surface area contributed by atoms with Gasteiger partial charge < -0.3 is 11.1 Å². The summed E-state index contributed by atoms with van der Waals surface area (Å²) in [7, 11) is 0. The van der Waals surface area contributed by atoms with Crippen LogP contribution in [0, 0.1) is 0 Å². The Labute approximate surface area is 77.9 Å². The zero-order chi connectivity index (χ0) is 9.68. The van der Waals surface area contributed by atoms with Gasteiger partial charge in [-0.3, -0.25) is 4.79 Å². The van der Waals surface area contributed by atoms with Crippen molar-refractivity contribution in [1.29, 1.82) is 0 Å². The van der Waals surface area contributed by atoms with Crippen LogP contribution in [0.2, 0.25) is 0 Å². The van der Waals surface area contributed by atoms with Crippen molar-refractivity contribution >= 4 is 5.91 Å². The molecule has 1 amide bonds. The highest BCUT2D eigenvalue weighted by atomic mass is 16.2. The first-order valence-corrected chi connectivity index (χ1v) is 4.34. The number of carbonyl (C=O) groups is 1. The first kappa shape index (κ1) is 9.74. The minimum absolute atomic E-state index is 0.131. The Kier molecular flexibility index (Phi) is 3.46. The molecule has 0 saturated carbocycles. The van der Waals surface area contributed by atoms with Crippen molar-refractivity contribution in [2.75, 3.05) is 6.54 Å². The topological polar surface area (TPSA) is 55.1 Å². The van der Waals surface area contributed by atoms with E-state index in [9.17, 15) is 4.79 Å². The highest BCUT2D eigenvalue weighted by Gasteiger charge is 2.13. The molecule has 0 radical (unpaired) electrons. The minimum Gasteiger partial charge on any atom is -0.355 e. The average molecular weight is 178 g/mol. The maximum atomic E-state index is 11.3. The third-order valence-electron chi connectivity index (χ3n) is 1.79. The quantitative estimate of drug-likeness (QED) is 0.720. The molecule has 1 rings (SSSR count). The van der Waals surface area contributed by atoms with Gasteiger partial charge in [0, 0.05) is 6.54 Å². The molecule has 0 bridgehead atoms. The van der Waals surface area contributed by atoms with Crippen LogP contribution in [0.5, 0.6) is 0 Å². The summed E-state index contributed by atoms with van der Waals surface area (Å²) in [6.45, 7) is 2.48. The van der Waals surface area contributed by atoms with Crippen molar-refractivity contribution in [3.05, 3.63) is 35.9 Å². The van der Waals surface area contributed by atoms with E-state index >= 15 is 0 Å². The molecule has 0 saturated heterocycles. The van der Waals surface area contributed by atoms with Crippen LogP contribution in [0.15, 0.2) is 30.3 Å². The average Bonchev–Trinajstić information content (AvgIpc) is 2.18. The molecule has 0 spiro atoms. The lowest BCUT2D eigenvalue weighted by atomic mass is 10.1. The Morgan fingerprint density at radius 3 is 2.62 bits per heavy atom. The second-order valence-electron chi connectivity index (χ2n) is 2.78. The molecule has 1 aromatic carbocycles. The molecular formula is C10H14N2O. The molecule has 0 aliphatic heterocycles. The van der Waals surface area contributed by atoms with Gasteiger partial charge in [-0.25, -0.2) is 0 Å². The van der Waals surface area contributed by atoms with E-state index in [1.54, 1.807) is 0 Å². The summed E-state index contributed by atoms with van der Waals surface area (Å²) < 4.78 is 0. The zero-order valence-corrected chi connectivity index (χ0v) is 7.66. The van der Waals surface area contributed by atoms with Gasteiger partial charge in [-0.1, -0.05) is 30.3 Å². The van der Waals surface area contributed by atoms with Crippen molar-refractivity contribution in [2.24, 2.45) is 5.73 Å². The molecule has 3 nitrogen and oxygen atoms in total. The second-order valence-corrected chi connectivity index (χ2v) is 2.78. The summed E-state index contributed by atoms with van der Waals surface area (Å²) in [5, 5.41) is 2.68. The molecule has 0 aliphatic rings. The number of benzene rings is 1. The summed E-state index contributed by atoms with van der Waals surface area (Å²) in [5.74, 6) is -0.131. The predicted molar refractivity (Wildman–Crippen MR) is 52.1 cm³/mol. The number of likely N-dealkylation sites (N-methyl/N-ethyl adjacent to an activating group) is 1. The fourth-order valence-electron chi connectivity index (χ4n) is 1.10. The normalized spacial score (nSPS) is 12.2. The molecule has 1 aromatic rings. The van der Waals surface area contributed by atoms with Crippen molar-refractivity contribution in [2.45, 2.75) is 13.0 Å². The van der Waals surface area contributed by atoms with Crippen LogP contribution in [0.1, 0.15) is 18.5 Å². The Balaban J connectivity index is 2.68. The number of nitrogens with one attached hydrogen (secondary N) is 1. The lowest BCUT2D eigenvalue weighted by Crippen LogP contribution is -2.33. The first-order chi connectivity index (χ1) is 6.25. The lowest BCUT2D eigenvalue weighted by molar-refractivity contribution is -0.122. The summed E-state index contributed by atoms with van der Waals surface area (Å²) in [5.41, 5.74) is 6.55. The Bertz CT molecular complexity index is 272. The smallest absolute Gasteiger partial charge is 0.241 e. The fraction of sp³-hybridized carbons (Fsp3) is 0.300. The molecule has 0 heterocycles. The van der Waals surface area contributed by atoms with Gasteiger partial charge in [0.1, 0.15) is 6.04 Å². The van der Waals surface area contributed by atoms with Crippen molar-refractivity contribution < 1.29 is 4.79 Å². The molecule has 0 unspecified atom stereocenters. The van der Waals surface area contributed by atoms with Crippen molar-refractivity contribution in [1.82, 2.24) is 5.32 Å². The van der Waals surface area contributed by atoms with E-state index in [4.69, 9.17) is 5.73 Å². The summed E-state index contributed by atoms with van der Waals surface area (Å²) >= 11 is 0. The van der Waals surface area contributed by atoms with Gasteiger partial charge in [-0.2, -0.15) is 0 Å². The molecule has 0 fully saturated rings. The van der Waals surface area contributed by atoms with Gasteiger partial charge in [-0.15, -0.1) is 0 Å². The van der Waals surface area contributed by atoms with Crippen LogP contribution < -0.4 is 11.1 Å². The third kappa shape index (κ3) is 2.56. The Morgan fingerprint density at radius 1 is 1.46 bits per heavy atom. The number of carbonyl (C=O) groups excluding carboxylic acids is 1. The zero-order valence-electron chi connectivity index (χ0n) is 7.66. The van der Waals surface area contributed by atoms with Crippen LogP contribution >= 0.6 is 0 Å². The van der Waals surface area contributed by atoms with Crippen LogP contribution in [-0.2, 0) is 4.79 Å². The van der Waals surface area contributed by atoms with E-state index in [1.807, 2.05) is 37.3 Å². The largest absolute Gasteiger partial charge is 0.355 e. The highest BCUT2D eigenvalue weighted by molar-refractivity contribution is 5.82. The molecule has 0 aromatic heterocycles. The highest BCUT2D eigenvalue weighted by Crippen LogP contribution is 2.08. The Morgan fingerprint density at radius 2 is 2.08 bits per heavy atom. The maximum Gasteiger partial charge on any atom is 0.241 e. The van der Waals surface area contributed by atoms with Gasteiger partial charge in [0.25, 0.3) is 0 Å². The molecule has 13 heavy (non-hydrogen) atoms.